The number of anilines is 2. The molecule has 0 unspecified atom stereocenters. The molecule has 4 rings (SSSR count). The van der Waals surface area contributed by atoms with Crippen LogP contribution in [0, 0.1) is 5.92 Å². The summed E-state index contributed by atoms with van der Waals surface area (Å²) in [4.78, 5) is 41.4. The lowest BCUT2D eigenvalue weighted by molar-refractivity contribution is -0.119. The minimum atomic E-state index is -0.757. The van der Waals surface area contributed by atoms with Gasteiger partial charge in [0.1, 0.15) is 5.69 Å². The minimum Gasteiger partial charge on any atom is -0.451 e. The molecule has 7 heteroatoms. The number of nitrogens with zero attached hydrogens (tertiary/aromatic N) is 1. The number of benzene rings is 2. The second-order valence-corrected chi connectivity index (χ2v) is 7.94. The zero-order valence-corrected chi connectivity index (χ0v) is 17.4. The average Bonchev–Trinajstić information content (AvgIpc) is 2.78. The topological polar surface area (TPSA) is 91.5 Å². The van der Waals surface area contributed by atoms with Crippen LogP contribution >= 0.6 is 0 Å². The van der Waals surface area contributed by atoms with Gasteiger partial charge in [0.05, 0.1) is 0 Å². The van der Waals surface area contributed by atoms with E-state index in [9.17, 15) is 14.4 Å². The van der Waals surface area contributed by atoms with Crippen molar-refractivity contribution in [1.82, 2.24) is 4.98 Å². The van der Waals surface area contributed by atoms with Gasteiger partial charge in [-0.05, 0) is 60.5 Å². The Morgan fingerprint density at radius 3 is 2.55 bits per heavy atom. The molecule has 2 aromatic carbocycles. The second-order valence-electron chi connectivity index (χ2n) is 7.94. The smallest absolute Gasteiger partial charge is 0.355 e. The highest BCUT2D eigenvalue weighted by molar-refractivity contribution is 5.96. The van der Waals surface area contributed by atoms with Crippen molar-refractivity contribution in [3.63, 3.8) is 0 Å². The molecule has 2 N–H and O–H groups in total. The number of piperidine rings is 1. The van der Waals surface area contributed by atoms with E-state index in [0.717, 1.165) is 24.7 Å². The molecule has 7 nitrogen and oxygen atoms in total. The molecule has 0 atom stereocenters. The van der Waals surface area contributed by atoms with Gasteiger partial charge in [-0.1, -0.05) is 25.1 Å². The lowest BCUT2D eigenvalue weighted by Crippen LogP contribution is -2.32. The van der Waals surface area contributed by atoms with Crippen molar-refractivity contribution in [3.8, 4) is 0 Å². The van der Waals surface area contributed by atoms with Crippen LogP contribution in [0.2, 0.25) is 0 Å². The van der Waals surface area contributed by atoms with E-state index in [1.54, 1.807) is 24.3 Å². The maximum Gasteiger partial charge on any atom is 0.355 e. The number of nitrogens with one attached hydrogen (secondary N) is 2. The Morgan fingerprint density at radius 1 is 1.10 bits per heavy atom. The van der Waals surface area contributed by atoms with Gasteiger partial charge in [-0.15, -0.1) is 0 Å². The summed E-state index contributed by atoms with van der Waals surface area (Å²) < 4.78 is 5.07. The minimum absolute atomic E-state index is 0.0108. The first-order valence-electron chi connectivity index (χ1n) is 10.4. The number of hydrogen-bond acceptors (Lipinski definition) is 5. The molecule has 1 aliphatic heterocycles. The summed E-state index contributed by atoms with van der Waals surface area (Å²) in [5, 5.41) is 3.84. The van der Waals surface area contributed by atoms with Crippen molar-refractivity contribution in [1.29, 1.82) is 0 Å². The first-order chi connectivity index (χ1) is 15.0. The quantitative estimate of drug-likeness (QED) is 0.617. The Bertz CT molecular complexity index is 1150. The first-order valence-corrected chi connectivity index (χ1v) is 10.4. The summed E-state index contributed by atoms with van der Waals surface area (Å²) in [5.41, 5.74) is 1.40. The number of amides is 1. The largest absolute Gasteiger partial charge is 0.451 e. The van der Waals surface area contributed by atoms with Crippen molar-refractivity contribution in [2.24, 2.45) is 5.92 Å². The number of ether oxygens (including phenoxy) is 1. The number of carbonyl (C=O) groups is 2. The number of rotatable bonds is 5. The summed E-state index contributed by atoms with van der Waals surface area (Å²) in [7, 11) is 0. The number of aromatic amines is 1. The molecular weight excluding hydrogens is 394 g/mol. The lowest BCUT2D eigenvalue weighted by Gasteiger charge is -2.32. The van der Waals surface area contributed by atoms with Gasteiger partial charge in [0, 0.05) is 29.9 Å². The van der Waals surface area contributed by atoms with Crippen molar-refractivity contribution >= 4 is 34.0 Å². The summed E-state index contributed by atoms with van der Waals surface area (Å²) in [6, 6.07) is 16.1. The van der Waals surface area contributed by atoms with E-state index in [0.29, 0.717) is 16.5 Å². The third kappa shape index (κ3) is 4.94. The van der Waals surface area contributed by atoms with Crippen LogP contribution in [0.4, 0.5) is 11.4 Å². The normalized spacial score (nSPS) is 14.4. The van der Waals surface area contributed by atoms with Crippen LogP contribution in [0.5, 0.6) is 0 Å². The first kappa shape index (κ1) is 20.7. The van der Waals surface area contributed by atoms with E-state index in [4.69, 9.17) is 4.74 Å². The van der Waals surface area contributed by atoms with Gasteiger partial charge in [0.25, 0.3) is 11.5 Å². The van der Waals surface area contributed by atoms with Crippen LogP contribution in [0.15, 0.2) is 59.4 Å². The molecule has 0 spiro atoms. The Balaban J connectivity index is 1.32. The van der Waals surface area contributed by atoms with Gasteiger partial charge in [-0.2, -0.15) is 0 Å². The van der Waals surface area contributed by atoms with Crippen molar-refractivity contribution < 1.29 is 14.3 Å². The van der Waals surface area contributed by atoms with Gasteiger partial charge in [0.2, 0.25) is 0 Å². The number of carbonyl (C=O) groups excluding carboxylic acids is 2. The maximum absolute atomic E-state index is 12.3. The van der Waals surface area contributed by atoms with Gasteiger partial charge in [-0.3, -0.25) is 9.59 Å². The van der Waals surface area contributed by atoms with E-state index in [1.807, 2.05) is 24.3 Å². The molecule has 160 valence electrons. The highest BCUT2D eigenvalue weighted by atomic mass is 16.5. The van der Waals surface area contributed by atoms with E-state index in [2.05, 4.69) is 22.1 Å². The molecule has 1 fully saturated rings. The third-order valence-corrected chi connectivity index (χ3v) is 5.61. The number of H-pyrrole nitrogens is 1. The molecule has 3 aromatic rings. The van der Waals surface area contributed by atoms with Crippen LogP contribution in [0.25, 0.3) is 10.8 Å². The van der Waals surface area contributed by atoms with Crippen LogP contribution in [0.1, 0.15) is 30.3 Å². The monoisotopic (exact) mass is 419 g/mol. The van der Waals surface area contributed by atoms with Crippen LogP contribution in [-0.4, -0.2) is 36.6 Å². The SMILES string of the molecule is CC1CCN(c2ccc(NC(=O)COC(=O)c3cc4ccccc4c(=O)[nH]3)cc2)CC1. The maximum atomic E-state index is 12.3. The number of hydrogen-bond donors (Lipinski definition) is 2. The van der Waals surface area contributed by atoms with E-state index in [-0.39, 0.29) is 11.3 Å². The number of esters is 1. The standard InChI is InChI=1S/C24H25N3O4/c1-16-10-12-27(13-11-16)19-8-6-18(7-9-19)25-22(28)15-31-24(30)21-14-17-4-2-3-5-20(17)23(29)26-21/h2-9,14,16H,10-13,15H2,1H3,(H,25,28)(H,26,29). The fraction of sp³-hybridized carbons (Fsp3) is 0.292. The fourth-order valence-electron chi connectivity index (χ4n) is 3.75. The zero-order valence-electron chi connectivity index (χ0n) is 17.4. The van der Waals surface area contributed by atoms with Crippen molar-refractivity contribution in [2.75, 3.05) is 29.9 Å². The Morgan fingerprint density at radius 2 is 1.81 bits per heavy atom. The van der Waals surface area contributed by atoms with Crippen LogP contribution in [-0.2, 0) is 9.53 Å². The fourth-order valence-corrected chi connectivity index (χ4v) is 3.75. The van der Waals surface area contributed by atoms with Crippen molar-refractivity contribution in [2.45, 2.75) is 19.8 Å². The summed E-state index contributed by atoms with van der Waals surface area (Å²) in [6.07, 6.45) is 2.37. The van der Waals surface area contributed by atoms with Gasteiger partial charge in [-0.25, -0.2) is 4.79 Å². The third-order valence-electron chi connectivity index (χ3n) is 5.61. The zero-order chi connectivity index (χ0) is 21.8. The summed E-state index contributed by atoms with van der Waals surface area (Å²) >= 11 is 0. The number of aromatic nitrogens is 1. The molecule has 31 heavy (non-hydrogen) atoms. The Kier molecular flexibility index (Phi) is 6.02. The van der Waals surface area contributed by atoms with Gasteiger partial charge < -0.3 is 19.9 Å². The molecular formula is C24H25N3O4. The van der Waals surface area contributed by atoms with Crippen LogP contribution < -0.4 is 15.8 Å². The Hall–Kier alpha value is -3.61. The molecule has 1 amide bonds. The average molecular weight is 419 g/mol. The molecule has 0 radical (unpaired) electrons. The van der Waals surface area contributed by atoms with Crippen molar-refractivity contribution in [3.05, 3.63) is 70.6 Å². The highest BCUT2D eigenvalue weighted by Gasteiger charge is 2.16. The molecule has 0 aliphatic carbocycles. The van der Waals surface area contributed by atoms with Gasteiger partial charge >= 0.3 is 5.97 Å². The summed E-state index contributed by atoms with van der Waals surface area (Å²) in [5.74, 6) is -0.436. The van der Waals surface area contributed by atoms with Crippen LogP contribution in [0.3, 0.4) is 0 Å². The molecule has 1 aromatic heterocycles. The van der Waals surface area contributed by atoms with Gasteiger partial charge in [0.15, 0.2) is 6.61 Å². The lowest BCUT2D eigenvalue weighted by atomic mass is 9.99. The number of pyridine rings is 1. The highest BCUT2D eigenvalue weighted by Crippen LogP contribution is 2.24. The number of fused-ring (bicyclic) bond motifs is 1. The second kappa shape index (κ2) is 9.04. The molecule has 1 aliphatic rings. The molecule has 0 saturated carbocycles. The summed E-state index contributed by atoms with van der Waals surface area (Å²) in [6.45, 7) is 3.92. The van der Waals surface area contributed by atoms with E-state index in [1.165, 1.54) is 18.9 Å². The Labute approximate surface area is 180 Å². The predicted molar refractivity (Wildman–Crippen MR) is 121 cm³/mol. The van der Waals surface area contributed by atoms with E-state index < -0.39 is 18.5 Å². The molecule has 2 heterocycles. The van der Waals surface area contributed by atoms with E-state index >= 15 is 0 Å². The molecule has 0 bridgehead atoms. The molecule has 1 saturated heterocycles. The predicted octanol–water partition coefficient (Wildman–Crippen LogP) is 3.56.